The van der Waals surface area contributed by atoms with Crippen LogP contribution in [0.1, 0.15) is 36.1 Å². The Balaban J connectivity index is 1.47. The predicted octanol–water partition coefficient (Wildman–Crippen LogP) is 5.57. The molecule has 0 aliphatic rings. The quantitative estimate of drug-likeness (QED) is 0.340. The lowest BCUT2D eigenvalue weighted by Gasteiger charge is -2.12. The van der Waals surface area contributed by atoms with Crippen molar-refractivity contribution in [3.8, 4) is 23.7 Å². The molecule has 5 rings (SSSR count). The number of benzene rings is 3. The number of nitrogens with two attached hydrogens (primary N) is 1. The first-order valence-corrected chi connectivity index (χ1v) is 11.5. The molecule has 0 fully saturated rings. The van der Waals surface area contributed by atoms with E-state index in [0.717, 1.165) is 50.9 Å². The van der Waals surface area contributed by atoms with Crippen molar-refractivity contribution in [1.29, 1.82) is 0 Å². The number of aromatic nitrogens is 3. The zero-order valence-electron chi connectivity index (χ0n) is 19.8. The van der Waals surface area contributed by atoms with Gasteiger partial charge in [0.1, 0.15) is 5.82 Å². The number of nitrogen functional groups attached to an aromatic ring is 1. The standard InChI is InChI=1S/C30H25N5/c1-3-5-21-7-11-23(12-8-21)19-32-29-28-25-17-18-35(20-24-13-9-22(6-4-2)10-14-24)27(25)16-15-26(28)33-30(31)34-29/h7-18H,19-20H2,1-2H3,(H3,31,32,33,34). The van der Waals surface area contributed by atoms with Gasteiger partial charge in [-0.05, 0) is 67.4 Å². The molecule has 3 N–H and O–H groups in total. The van der Waals surface area contributed by atoms with Gasteiger partial charge in [-0.15, -0.1) is 11.8 Å². The van der Waals surface area contributed by atoms with Gasteiger partial charge in [-0.2, -0.15) is 4.98 Å². The summed E-state index contributed by atoms with van der Waals surface area (Å²) in [7, 11) is 0. The molecule has 3 aromatic carbocycles. The highest BCUT2D eigenvalue weighted by molar-refractivity contribution is 6.11. The molecule has 0 radical (unpaired) electrons. The van der Waals surface area contributed by atoms with Crippen LogP contribution in [0.25, 0.3) is 21.8 Å². The minimum absolute atomic E-state index is 0.252. The van der Waals surface area contributed by atoms with Crippen molar-refractivity contribution in [2.45, 2.75) is 26.9 Å². The number of fused-ring (bicyclic) bond motifs is 3. The van der Waals surface area contributed by atoms with Crippen molar-refractivity contribution in [3.63, 3.8) is 0 Å². The molecule has 0 unspecified atom stereocenters. The summed E-state index contributed by atoms with van der Waals surface area (Å²) in [5.74, 6) is 13.0. The van der Waals surface area contributed by atoms with Gasteiger partial charge in [0.25, 0.3) is 0 Å². The molecule has 0 saturated carbocycles. The molecule has 0 atom stereocenters. The van der Waals surface area contributed by atoms with Crippen LogP contribution in [0.15, 0.2) is 72.9 Å². The van der Waals surface area contributed by atoms with Crippen molar-refractivity contribution in [2.75, 3.05) is 11.1 Å². The molecule has 170 valence electrons. The van der Waals surface area contributed by atoms with Crippen LogP contribution in [0.4, 0.5) is 11.8 Å². The fourth-order valence-corrected chi connectivity index (χ4v) is 4.26. The first-order chi connectivity index (χ1) is 17.1. The summed E-state index contributed by atoms with van der Waals surface area (Å²) in [6.45, 7) is 5.07. The normalized spacial score (nSPS) is 10.5. The third-order valence-electron chi connectivity index (χ3n) is 5.89. The molecule has 0 aliphatic heterocycles. The molecule has 2 heterocycles. The first kappa shape index (κ1) is 22.1. The lowest BCUT2D eigenvalue weighted by atomic mass is 10.1. The van der Waals surface area contributed by atoms with E-state index in [1.165, 1.54) is 5.56 Å². The zero-order valence-corrected chi connectivity index (χ0v) is 19.8. The Morgan fingerprint density at radius 3 is 2.11 bits per heavy atom. The van der Waals surface area contributed by atoms with E-state index >= 15 is 0 Å². The van der Waals surface area contributed by atoms with Gasteiger partial charge < -0.3 is 15.6 Å². The van der Waals surface area contributed by atoms with Gasteiger partial charge in [0.05, 0.1) is 10.9 Å². The van der Waals surface area contributed by atoms with E-state index in [2.05, 4.69) is 98.3 Å². The molecule has 0 spiro atoms. The molecule has 5 aromatic rings. The highest BCUT2D eigenvalue weighted by atomic mass is 15.1. The maximum Gasteiger partial charge on any atom is 0.222 e. The largest absolute Gasteiger partial charge is 0.368 e. The van der Waals surface area contributed by atoms with Crippen LogP contribution in [0.2, 0.25) is 0 Å². The van der Waals surface area contributed by atoms with Crippen LogP contribution in [-0.4, -0.2) is 14.5 Å². The molecular formula is C30H25N5. The Kier molecular flexibility index (Phi) is 6.07. The molecule has 0 saturated heterocycles. The number of hydrogen-bond acceptors (Lipinski definition) is 4. The van der Waals surface area contributed by atoms with Crippen molar-refractivity contribution in [2.24, 2.45) is 0 Å². The smallest absolute Gasteiger partial charge is 0.222 e. The summed E-state index contributed by atoms with van der Waals surface area (Å²) < 4.78 is 2.24. The second-order valence-electron chi connectivity index (χ2n) is 8.26. The Morgan fingerprint density at radius 2 is 1.46 bits per heavy atom. The van der Waals surface area contributed by atoms with E-state index in [1.54, 1.807) is 0 Å². The van der Waals surface area contributed by atoms with E-state index in [4.69, 9.17) is 5.73 Å². The van der Waals surface area contributed by atoms with Crippen LogP contribution in [0, 0.1) is 23.7 Å². The summed E-state index contributed by atoms with van der Waals surface area (Å²) in [4.78, 5) is 9.03. The van der Waals surface area contributed by atoms with Crippen LogP contribution >= 0.6 is 0 Å². The van der Waals surface area contributed by atoms with E-state index in [9.17, 15) is 0 Å². The van der Waals surface area contributed by atoms with Gasteiger partial charge >= 0.3 is 0 Å². The molecule has 2 aromatic heterocycles. The van der Waals surface area contributed by atoms with Crippen LogP contribution in [-0.2, 0) is 13.1 Å². The maximum atomic E-state index is 6.04. The van der Waals surface area contributed by atoms with E-state index in [-0.39, 0.29) is 5.95 Å². The monoisotopic (exact) mass is 455 g/mol. The molecule has 5 nitrogen and oxygen atoms in total. The van der Waals surface area contributed by atoms with E-state index in [0.29, 0.717) is 6.54 Å². The second-order valence-corrected chi connectivity index (χ2v) is 8.26. The lowest BCUT2D eigenvalue weighted by Crippen LogP contribution is -2.06. The van der Waals surface area contributed by atoms with Crippen LogP contribution < -0.4 is 11.1 Å². The summed E-state index contributed by atoms with van der Waals surface area (Å²) in [5, 5.41) is 5.54. The van der Waals surface area contributed by atoms with Crippen LogP contribution in [0.3, 0.4) is 0 Å². The van der Waals surface area contributed by atoms with Crippen molar-refractivity contribution in [1.82, 2.24) is 14.5 Å². The molecular weight excluding hydrogens is 430 g/mol. The summed E-state index contributed by atoms with van der Waals surface area (Å²) in [6, 6.07) is 22.8. The van der Waals surface area contributed by atoms with Crippen molar-refractivity contribution < 1.29 is 0 Å². The topological polar surface area (TPSA) is 68.8 Å². The fourth-order valence-electron chi connectivity index (χ4n) is 4.26. The lowest BCUT2D eigenvalue weighted by molar-refractivity contribution is 0.837. The van der Waals surface area contributed by atoms with Gasteiger partial charge in [-0.1, -0.05) is 36.1 Å². The molecule has 5 heteroatoms. The minimum atomic E-state index is 0.252. The van der Waals surface area contributed by atoms with Crippen molar-refractivity contribution >= 4 is 33.6 Å². The van der Waals surface area contributed by atoms with E-state index in [1.807, 2.05) is 32.0 Å². The fraction of sp³-hybridized carbons (Fsp3) is 0.133. The van der Waals surface area contributed by atoms with Crippen LogP contribution in [0.5, 0.6) is 0 Å². The average molecular weight is 456 g/mol. The van der Waals surface area contributed by atoms with Gasteiger partial charge in [-0.25, -0.2) is 4.98 Å². The molecule has 35 heavy (non-hydrogen) atoms. The zero-order chi connectivity index (χ0) is 24.2. The number of nitrogens with one attached hydrogen (secondary N) is 1. The minimum Gasteiger partial charge on any atom is -0.368 e. The van der Waals surface area contributed by atoms with Crippen molar-refractivity contribution in [3.05, 3.63) is 95.2 Å². The van der Waals surface area contributed by atoms with E-state index < -0.39 is 0 Å². The maximum absolute atomic E-state index is 6.04. The Bertz CT molecular complexity index is 1640. The molecule has 0 bridgehead atoms. The second kappa shape index (κ2) is 9.63. The number of anilines is 2. The Hall–Kier alpha value is -4.74. The third kappa shape index (κ3) is 4.67. The van der Waals surface area contributed by atoms with Gasteiger partial charge in [0, 0.05) is 41.3 Å². The van der Waals surface area contributed by atoms with Gasteiger partial charge in [0.15, 0.2) is 0 Å². The molecule has 0 amide bonds. The average Bonchev–Trinajstić information content (AvgIpc) is 3.27. The first-order valence-electron chi connectivity index (χ1n) is 11.5. The summed E-state index contributed by atoms with van der Waals surface area (Å²) in [6.07, 6.45) is 2.11. The van der Waals surface area contributed by atoms with Gasteiger partial charge in [0.2, 0.25) is 5.95 Å². The Morgan fingerprint density at radius 1 is 0.800 bits per heavy atom. The number of rotatable bonds is 5. The van der Waals surface area contributed by atoms with Gasteiger partial charge in [-0.3, -0.25) is 0 Å². The molecule has 0 aliphatic carbocycles. The summed E-state index contributed by atoms with van der Waals surface area (Å²) in [5.41, 5.74) is 12.4. The SMILES string of the molecule is CC#Cc1ccc(CNc2nc(N)nc3ccc4c(ccn4Cc4ccc(C#CC)cc4)c23)cc1. The highest BCUT2D eigenvalue weighted by Crippen LogP contribution is 2.31. The summed E-state index contributed by atoms with van der Waals surface area (Å²) >= 11 is 0. The highest BCUT2D eigenvalue weighted by Gasteiger charge is 2.13. The Labute approximate surface area is 205 Å². The number of hydrogen-bond donors (Lipinski definition) is 2. The third-order valence-corrected chi connectivity index (χ3v) is 5.89. The number of nitrogens with zero attached hydrogens (tertiary/aromatic N) is 3. The predicted molar refractivity (Wildman–Crippen MR) is 144 cm³/mol.